The third kappa shape index (κ3) is 5.39. The highest BCUT2D eigenvalue weighted by Gasteiger charge is 2.03. The third-order valence-electron chi connectivity index (χ3n) is 2.14. The molecule has 0 spiro atoms. The maximum Gasteiger partial charge on any atom is 0.151 e. The van der Waals surface area contributed by atoms with Gasteiger partial charge in [0.2, 0.25) is 0 Å². The number of hydrogen-bond donors (Lipinski definition) is 0. The average Bonchev–Trinajstić information content (AvgIpc) is 2.42. The van der Waals surface area contributed by atoms with E-state index in [1.54, 1.807) is 24.4 Å². The predicted octanol–water partition coefficient (Wildman–Crippen LogP) is 4.15. The minimum absolute atomic E-state index is 0.641. The van der Waals surface area contributed by atoms with E-state index < -0.39 is 0 Å². The maximum absolute atomic E-state index is 10.8. The maximum atomic E-state index is 10.8. The van der Waals surface area contributed by atoms with Crippen LogP contribution in [0.2, 0.25) is 0 Å². The summed E-state index contributed by atoms with van der Waals surface area (Å²) in [7, 11) is 0. The Morgan fingerprint density at radius 1 is 1.44 bits per heavy atom. The molecule has 2 heteroatoms. The lowest BCUT2D eigenvalue weighted by atomic mass is 10.1. The Labute approximate surface area is 110 Å². The SMILES string of the molecule is C=C/C=C(\C=C/C)Cc1ncccc1C=O.CC. The van der Waals surface area contributed by atoms with Gasteiger partial charge in [0.25, 0.3) is 0 Å². The molecule has 1 rings (SSSR count). The summed E-state index contributed by atoms with van der Waals surface area (Å²) in [6.07, 6.45) is 10.8. The zero-order valence-corrected chi connectivity index (χ0v) is 11.4. The van der Waals surface area contributed by atoms with Crippen molar-refractivity contribution in [3.8, 4) is 0 Å². The normalized spacial score (nSPS) is 10.7. The Balaban J connectivity index is 0.00000137. The molecule has 0 N–H and O–H groups in total. The summed E-state index contributed by atoms with van der Waals surface area (Å²) in [6, 6.07) is 3.54. The van der Waals surface area contributed by atoms with E-state index in [9.17, 15) is 4.79 Å². The lowest BCUT2D eigenvalue weighted by Gasteiger charge is -2.03. The van der Waals surface area contributed by atoms with E-state index >= 15 is 0 Å². The minimum atomic E-state index is 0.641. The van der Waals surface area contributed by atoms with Gasteiger partial charge < -0.3 is 0 Å². The van der Waals surface area contributed by atoms with Gasteiger partial charge in [0, 0.05) is 18.2 Å². The van der Waals surface area contributed by atoms with Crippen LogP contribution in [0, 0.1) is 0 Å². The van der Waals surface area contributed by atoms with Gasteiger partial charge in [0.1, 0.15) is 0 Å². The summed E-state index contributed by atoms with van der Waals surface area (Å²) in [5.74, 6) is 0. The topological polar surface area (TPSA) is 30.0 Å². The molecular formula is C16H21NO. The minimum Gasteiger partial charge on any atom is -0.298 e. The summed E-state index contributed by atoms with van der Waals surface area (Å²) in [6.45, 7) is 9.62. The molecule has 0 bridgehead atoms. The highest BCUT2D eigenvalue weighted by atomic mass is 16.1. The molecule has 0 radical (unpaired) electrons. The monoisotopic (exact) mass is 243 g/mol. The van der Waals surface area contributed by atoms with Crippen molar-refractivity contribution >= 4 is 6.29 Å². The molecule has 0 saturated heterocycles. The molecule has 0 saturated carbocycles. The summed E-state index contributed by atoms with van der Waals surface area (Å²) in [5.41, 5.74) is 2.52. The van der Waals surface area contributed by atoms with Gasteiger partial charge in [0.05, 0.1) is 5.69 Å². The first-order valence-corrected chi connectivity index (χ1v) is 6.15. The van der Waals surface area contributed by atoms with Crippen LogP contribution in [-0.4, -0.2) is 11.3 Å². The Morgan fingerprint density at radius 2 is 2.17 bits per heavy atom. The van der Waals surface area contributed by atoms with Gasteiger partial charge in [0.15, 0.2) is 6.29 Å². The number of carbonyl (C=O) groups is 1. The molecule has 18 heavy (non-hydrogen) atoms. The first-order valence-electron chi connectivity index (χ1n) is 6.15. The number of pyridine rings is 1. The van der Waals surface area contributed by atoms with Crippen molar-refractivity contribution in [1.29, 1.82) is 0 Å². The zero-order valence-electron chi connectivity index (χ0n) is 11.4. The Kier molecular flexibility index (Phi) is 9.10. The van der Waals surface area contributed by atoms with Crippen LogP contribution in [0.1, 0.15) is 36.8 Å². The number of allylic oxidation sites excluding steroid dienone is 5. The van der Waals surface area contributed by atoms with Crippen molar-refractivity contribution < 1.29 is 4.79 Å². The van der Waals surface area contributed by atoms with E-state index in [1.165, 1.54) is 0 Å². The van der Waals surface area contributed by atoms with E-state index in [1.807, 2.05) is 39.0 Å². The van der Waals surface area contributed by atoms with Gasteiger partial charge in [-0.25, -0.2) is 0 Å². The number of aromatic nitrogens is 1. The number of hydrogen-bond acceptors (Lipinski definition) is 2. The molecular weight excluding hydrogens is 222 g/mol. The fraction of sp³-hybridized carbons (Fsp3) is 0.250. The highest BCUT2D eigenvalue weighted by molar-refractivity contribution is 5.76. The zero-order chi connectivity index (χ0) is 13.8. The van der Waals surface area contributed by atoms with Crippen LogP contribution in [0.25, 0.3) is 0 Å². The Bertz CT molecular complexity index is 430. The van der Waals surface area contributed by atoms with Crippen molar-refractivity contribution in [2.45, 2.75) is 27.2 Å². The quantitative estimate of drug-likeness (QED) is 0.574. The summed E-state index contributed by atoms with van der Waals surface area (Å²) < 4.78 is 0. The standard InChI is InChI=1S/C14H15NO.C2H6/c1-3-6-12(7-4-2)10-14-13(11-16)8-5-9-15-14;1-2/h3-9,11H,1,10H2,2H3;1-2H3/b7-4-,12-6+;. The van der Waals surface area contributed by atoms with Crippen LogP contribution in [0.5, 0.6) is 0 Å². The number of nitrogens with zero attached hydrogens (tertiary/aromatic N) is 1. The van der Waals surface area contributed by atoms with E-state index in [-0.39, 0.29) is 0 Å². The second-order valence-corrected chi connectivity index (χ2v) is 3.31. The van der Waals surface area contributed by atoms with Gasteiger partial charge >= 0.3 is 0 Å². The summed E-state index contributed by atoms with van der Waals surface area (Å²) >= 11 is 0. The molecule has 1 aromatic heterocycles. The Hall–Kier alpha value is -1.96. The average molecular weight is 243 g/mol. The van der Waals surface area contributed by atoms with Crippen LogP contribution in [0.4, 0.5) is 0 Å². The third-order valence-corrected chi connectivity index (χ3v) is 2.14. The van der Waals surface area contributed by atoms with Gasteiger partial charge in [-0.1, -0.05) is 44.7 Å². The van der Waals surface area contributed by atoms with E-state index in [4.69, 9.17) is 0 Å². The second-order valence-electron chi connectivity index (χ2n) is 3.31. The summed E-state index contributed by atoms with van der Waals surface area (Å²) in [5, 5.41) is 0. The van der Waals surface area contributed by atoms with Crippen LogP contribution in [0.15, 0.2) is 54.8 Å². The van der Waals surface area contributed by atoms with Gasteiger partial charge in [-0.15, -0.1) is 0 Å². The van der Waals surface area contributed by atoms with Crippen molar-refractivity contribution in [2.24, 2.45) is 0 Å². The highest BCUT2D eigenvalue weighted by Crippen LogP contribution is 2.10. The van der Waals surface area contributed by atoms with Crippen LogP contribution in [-0.2, 0) is 6.42 Å². The molecule has 0 aliphatic rings. The van der Waals surface area contributed by atoms with E-state index in [0.717, 1.165) is 17.6 Å². The van der Waals surface area contributed by atoms with Crippen molar-refractivity contribution in [3.05, 3.63) is 66.0 Å². The van der Waals surface area contributed by atoms with Crippen LogP contribution in [0.3, 0.4) is 0 Å². The second kappa shape index (κ2) is 10.2. The molecule has 1 aromatic rings. The molecule has 0 amide bonds. The summed E-state index contributed by atoms with van der Waals surface area (Å²) in [4.78, 5) is 15.0. The molecule has 2 nitrogen and oxygen atoms in total. The van der Waals surface area contributed by atoms with Crippen molar-refractivity contribution in [3.63, 3.8) is 0 Å². The molecule has 0 aliphatic heterocycles. The molecule has 0 aromatic carbocycles. The van der Waals surface area contributed by atoms with Gasteiger partial charge in [-0.3, -0.25) is 9.78 Å². The van der Waals surface area contributed by atoms with Crippen molar-refractivity contribution in [1.82, 2.24) is 4.98 Å². The van der Waals surface area contributed by atoms with Gasteiger partial charge in [-0.2, -0.15) is 0 Å². The molecule has 0 atom stereocenters. The number of aldehydes is 1. The lowest BCUT2D eigenvalue weighted by Crippen LogP contribution is -1.97. The predicted molar refractivity (Wildman–Crippen MR) is 77.8 cm³/mol. The Morgan fingerprint density at radius 3 is 2.72 bits per heavy atom. The van der Waals surface area contributed by atoms with Crippen LogP contribution >= 0.6 is 0 Å². The first kappa shape index (κ1) is 16.0. The van der Waals surface area contributed by atoms with Gasteiger partial charge in [-0.05, 0) is 24.6 Å². The lowest BCUT2D eigenvalue weighted by molar-refractivity contribution is 0.112. The largest absolute Gasteiger partial charge is 0.298 e. The van der Waals surface area contributed by atoms with Crippen LogP contribution < -0.4 is 0 Å². The number of carbonyl (C=O) groups excluding carboxylic acids is 1. The smallest absolute Gasteiger partial charge is 0.151 e. The number of rotatable bonds is 5. The van der Waals surface area contributed by atoms with E-state index in [0.29, 0.717) is 12.0 Å². The fourth-order valence-corrected chi connectivity index (χ4v) is 1.44. The molecule has 1 heterocycles. The molecule has 0 fully saturated rings. The van der Waals surface area contributed by atoms with Crippen molar-refractivity contribution in [2.75, 3.05) is 0 Å². The molecule has 0 aliphatic carbocycles. The van der Waals surface area contributed by atoms with E-state index in [2.05, 4.69) is 11.6 Å². The molecule has 0 unspecified atom stereocenters. The first-order chi connectivity index (χ1) is 8.81. The fourth-order valence-electron chi connectivity index (χ4n) is 1.44. The molecule has 96 valence electrons.